The number of benzene rings is 1. The van der Waals surface area contributed by atoms with Crippen molar-refractivity contribution in [2.24, 2.45) is 11.8 Å². The van der Waals surface area contributed by atoms with Crippen molar-refractivity contribution in [3.8, 4) is 5.75 Å². The molecule has 114 valence electrons. The van der Waals surface area contributed by atoms with Crippen molar-refractivity contribution in [2.45, 2.75) is 58.6 Å². The molecule has 0 radical (unpaired) electrons. The van der Waals surface area contributed by atoms with Crippen molar-refractivity contribution in [1.82, 2.24) is 5.32 Å². The first-order valence-electron chi connectivity index (χ1n) is 8.08. The quantitative estimate of drug-likeness (QED) is 0.922. The van der Waals surface area contributed by atoms with Crippen LogP contribution in [0.15, 0.2) is 18.2 Å². The largest absolute Gasteiger partial charge is 0.481 e. The van der Waals surface area contributed by atoms with Crippen LogP contribution in [0.25, 0.3) is 0 Å². The van der Waals surface area contributed by atoms with Crippen LogP contribution < -0.4 is 10.1 Å². The molecule has 4 atom stereocenters. The van der Waals surface area contributed by atoms with Crippen molar-refractivity contribution in [1.29, 1.82) is 0 Å². The molecule has 1 aromatic rings. The third kappa shape index (κ3) is 2.92. The van der Waals surface area contributed by atoms with E-state index in [0.29, 0.717) is 12.0 Å². The van der Waals surface area contributed by atoms with E-state index in [-0.39, 0.29) is 5.91 Å². The number of ether oxygens (including phenoxy) is 1. The SMILES string of the molecule is Cc1cccc(O[C@@H](C)C(=O)N[C@@H]2C[C@H]3CC[C@H]2C3)c1C. The molecule has 3 nitrogen and oxygen atoms in total. The third-order valence-electron chi connectivity index (χ3n) is 5.29. The number of amides is 1. The number of hydrogen-bond donors (Lipinski definition) is 1. The number of rotatable bonds is 4. The summed E-state index contributed by atoms with van der Waals surface area (Å²) in [6.45, 7) is 5.93. The molecule has 0 saturated heterocycles. The van der Waals surface area contributed by atoms with Crippen LogP contribution in [0.3, 0.4) is 0 Å². The van der Waals surface area contributed by atoms with E-state index in [1.165, 1.54) is 24.8 Å². The lowest BCUT2D eigenvalue weighted by atomic mass is 9.95. The number of carbonyl (C=O) groups is 1. The Balaban J connectivity index is 1.58. The van der Waals surface area contributed by atoms with Gasteiger partial charge in [0, 0.05) is 6.04 Å². The maximum Gasteiger partial charge on any atom is 0.261 e. The summed E-state index contributed by atoms with van der Waals surface area (Å²) in [5, 5.41) is 3.20. The Bertz CT molecular complexity index is 540. The Kier molecular flexibility index (Phi) is 3.92. The second-order valence-electron chi connectivity index (χ2n) is 6.75. The summed E-state index contributed by atoms with van der Waals surface area (Å²) in [6, 6.07) is 6.34. The summed E-state index contributed by atoms with van der Waals surface area (Å²) < 4.78 is 5.87. The van der Waals surface area contributed by atoms with Gasteiger partial charge < -0.3 is 10.1 Å². The summed E-state index contributed by atoms with van der Waals surface area (Å²) >= 11 is 0. The van der Waals surface area contributed by atoms with Gasteiger partial charge in [-0.15, -0.1) is 0 Å². The smallest absolute Gasteiger partial charge is 0.261 e. The standard InChI is InChI=1S/C18H25NO2/c1-11-5-4-6-17(12(11)2)21-13(3)18(20)19-16-10-14-7-8-15(16)9-14/h4-6,13-16H,7-10H2,1-3H3,(H,19,20)/t13-,14-,15-,16+/m0/s1. The van der Waals surface area contributed by atoms with E-state index in [0.717, 1.165) is 23.7 Å². The highest BCUT2D eigenvalue weighted by Gasteiger charge is 2.40. The van der Waals surface area contributed by atoms with Gasteiger partial charge in [-0.1, -0.05) is 18.6 Å². The highest BCUT2D eigenvalue weighted by atomic mass is 16.5. The molecular formula is C18H25NO2. The molecule has 0 aromatic heterocycles. The molecule has 0 heterocycles. The highest BCUT2D eigenvalue weighted by Crippen LogP contribution is 2.44. The molecule has 3 heteroatoms. The fourth-order valence-electron chi connectivity index (χ4n) is 3.82. The molecule has 2 fully saturated rings. The Morgan fingerprint density at radius 1 is 1.29 bits per heavy atom. The number of carbonyl (C=O) groups excluding carboxylic acids is 1. The molecule has 2 bridgehead atoms. The van der Waals surface area contributed by atoms with E-state index in [1.54, 1.807) is 0 Å². The van der Waals surface area contributed by atoms with Crippen LogP contribution in [0, 0.1) is 25.7 Å². The molecule has 3 rings (SSSR count). The topological polar surface area (TPSA) is 38.3 Å². The van der Waals surface area contributed by atoms with Crippen LogP contribution in [0.5, 0.6) is 5.75 Å². The monoisotopic (exact) mass is 287 g/mol. The van der Waals surface area contributed by atoms with Crippen LogP contribution >= 0.6 is 0 Å². The minimum Gasteiger partial charge on any atom is -0.481 e. The summed E-state index contributed by atoms with van der Waals surface area (Å²) in [4.78, 5) is 12.3. The second kappa shape index (κ2) is 5.70. The Hall–Kier alpha value is -1.51. The van der Waals surface area contributed by atoms with Crippen LogP contribution in [-0.4, -0.2) is 18.1 Å². The van der Waals surface area contributed by atoms with Crippen molar-refractivity contribution in [3.63, 3.8) is 0 Å². The van der Waals surface area contributed by atoms with Crippen LogP contribution in [0.4, 0.5) is 0 Å². The van der Waals surface area contributed by atoms with Crippen molar-refractivity contribution < 1.29 is 9.53 Å². The highest BCUT2D eigenvalue weighted by molar-refractivity contribution is 5.81. The average molecular weight is 287 g/mol. The van der Waals surface area contributed by atoms with Gasteiger partial charge in [-0.3, -0.25) is 4.79 Å². The molecule has 0 spiro atoms. The zero-order valence-electron chi connectivity index (χ0n) is 13.2. The molecule has 21 heavy (non-hydrogen) atoms. The summed E-state index contributed by atoms with van der Waals surface area (Å²) in [6.07, 6.45) is 4.65. The lowest BCUT2D eigenvalue weighted by molar-refractivity contribution is -0.128. The van der Waals surface area contributed by atoms with Gasteiger partial charge in [0.15, 0.2) is 6.10 Å². The van der Waals surface area contributed by atoms with Gasteiger partial charge in [0.25, 0.3) is 5.91 Å². The lowest BCUT2D eigenvalue weighted by Crippen LogP contribution is -2.44. The fraction of sp³-hybridized carbons (Fsp3) is 0.611. The Labute approximate surface area is 127 Å². The molecule has 2 aliphatic rings. The van der Waals surface area contributed by atoms with Gasteiger partial charge in [-0.2, -0.15) is 0 Å². The summed E-state index contributed by atoms with van der Waals surface area (Å²) in [7, 11) is 0. The first-order chi connectivity index (χ1) is 10.0. The van der Waals surface area contributed by atoms with Crippen LogP contribution in [-0.2, 0) is 4.79 Å². The van der Waals surface area contributed by atoms with E-state index >= 15 is 0 Å². The molecule has 2 saturated carbocycles. The van der Waals surface area contributed by atoms with Gasteiger partial charge >= 0.3 is 0 Å². The predicted molar refractivity (Wildman–Crippen MR) is 83.4 cm³/mol. The average Bonchev–Trinajstić information content (AvgIpc) is 3.06. The zero-order chi connectivity index (χ0) is 15.0. The molecule has 0 aliphatic heterocycles. The number of hydrogen-bond acceptors (Lipinski definition) is 2. The van der Waals surface area contributed by atoms with Crippen LogP contribution in [0.1, 0.15) is 43.7 Å². The predicted octanol–water partition coefficient (Wildman–Crippen LogP) is 3.38. The lowest BCUT2D eigenvalue weighted by Gasteiger charge is -2.25. The van der Waals surface area contributed by atoms with E-state index in [1.807, 2.05) is 26.0 Å². The minimum atomic E-state index is -0.440. The summed E-state index contributed by atoms with van der Waals surface area (Å²) in [5.74, 6) is 2.38. The molecule has 1 amide bonds. The Morgan fingerprint density at radius 3 is 2.76 bits per heavy atom. The summed E-state index contributed by atoms with van der Waals surface area (Å²) in [5.41, 5.74) is 2.30. The first kappa shape index (κ1) is 14.4. The maximum atomic E-state index is 12.3. The van der Waals surface area contributed by atoms with Crippen molar-refractivity contribution in [2.75, 3.05) is 0 Å². The zero-order valence-corrected chi connectivity index (χ0v) is 13.2. The number of aryl methyl sites for hydroxylation is 1. The van der Waals surface area contributed by atoms with Crippen molar-refractivity contribution >= 4 is 5.91 Å². The van der Waals surface area contributed by atoms with Crippen LogP contribution in [0.2, 0.25) is 0 Å². The van der Waals surface area contributed by atoms with Gasteiger partial charge in [-0.05, 0) is 69.1 Å². The Morgan fingerprint density at radius 2 is 2.10 bits per heavy atom. The van der Waals surface area contributed by atoms with Crippen molar-refractivity contribution in [3.05, 3.63) is 29.3 Å². The molecule has 2 aliphatic carbocycles. The minimum absolute atomic E-state index is 0.0217. The molecule has 0 unspecified atom stereocenters. The maximum absolute atomic E-state index is 12.3. The van der Waals surface area contributed by atoms with Gasteiger partial charge in [0.1, 0.15) is 5.75 Å². The van der Waals surface area contributed by atoms with E-state index in [2.05, 4.69) is 18.3 Å². The molecule has 1 aromatic carbocycles. The molecular weight excluding hydrogens is 262 g/mol. The van der Waals surface area contributed by atoms with E-state index in [9.17, 15) is 4.79 Å². The third-order valence-corrected chi connectivity index (χ3v) is 5.29. The number of nitrogens with one attached hydrogen (secondary N) is 1. The van der Waals surface area contributed by atoms with Gasteiger partial charge in [0.05, 0.1) is 0 Å². The van der Waals surface area contributed by atoms with E-state index in [4.69, 9.17) is 4.74 Å². The van der Waals surface area contributed by atoms with Gasteiger partial charge in [-0.25, -0.2) is 0 Å². The first-order valence-corrected chi connectivity index (χ1v) is 8.08. The second-order valence-corrected chi connectivity index (χ2v) is 6.75. The number of fused-ring (bicyclic) bond motifs is 2. The van der Waals surface area contributed by atoms with E-state index < -0.39 is 6.10 Å². The normalized spacial score (nSPS) is 28.4. The van der Waals surface area contributed by atoms with Gasteiger partial charge in [0.2, 0.25) is 0 Å². The molecule has 1 N–H and O–H groups in total. The fourth-order valence-corrected chi connectivity index (χ4v) is 3.82.